The Morgan fingerprint density at radius 2 is 1.86 bits per heavy atom. The monoisotopic (exact) mass is 291 g/mol. The van der Waals surface area contributed by atoms with Crippen LogP contribution in [0, 0.1) is 5.92 Å². The Bertz CT molecular complexity index is 488. The van der Waals surface area contributed by atoms with Crippen LogP contribution in [0.25, 0.3) is 0 Å². The molecule has 5 nitrogen and oxygen atoms in total. The van der Waals surface area contributed by atoms with E-state index in [1.54, 1.807) is 31.3 Å². The molecular formula is C16H25N3O2. The van der Waals surface area contributed by atoms with Crippen LogP contribution in [0.1, 0.15) is 37.6 Å². The highest BCUT2D eigenvalue weighted by molar-refractivity contribution is 6.04. The molecule has 1 aromatic rings. The summed E-state index contributed by atoms with van der Waals surface area (Å²) in [5.74, 6) is -0.435. The van der Waals surface area contributed by atoms with Crippen molar-refractivity contribution < 1.29 is 9.59 Å². The van der Waals surface area contributed by atoms with Crippen molar-refractivity contribution in [1.82, 2.24) is 10.6 Å². The number of hydrogen-bond acceptors (Lipinski definition) is 3. The first-order valence-electron chi connectivity index (χ1n) is 7.34. The second kappa shape index (κ2) is 8.42. The standard InChI is InChI=1S/C16H25N3O2/c1-5-12(3)18-16(21)13-8-6-7-9-14(13)19-15(20)11(2)10-17-4/h6-9,11-12,17H,5,10H2,1-4H3,(H,18,21)(H,19,20). The molecule has 0 radical (unpaired) electrons. The third-order valence-electron chi connectivity index (χ3n) is 3.38. The van der Waals surface area contributed by atoms with Crippen molar-refractivity contribution in [1.29, 1.82) is 0 Å². The van der Waals surface area contributed by atoms with Gasteiger partial charge < -0.3 is 16.0 Å². The van der Waals surface area contributed by atoms with Crippen LogP contribution in [0.3, 0.4) is 0 Å². The molecule has 2 amide bonds. The van der Waals surface area contributed by atoms with Gasteiger partial charge in [0.25, 0.3) is 5.91 Å². The molecule has 0 spiro atoms. The van der Waals surface area contributed by atoms with E-state index >= 15 is 0 Å². The Hall–Kier alpha value is -1.88. The van der Waals surface area contributed by atoms with Crippen LogP contribution in [0.5, 0.6) is 0 Å². The summed E-state index contributed by atoms with van der Waals surface area (Å²) in [5.41, 5.74) is 1.04. The molecule has 2 unspecified atom stereocenters. The van der Waals surface area contributed by atoms with E-state index in [0.717, 1.165) is 6.42 Å². The van der Waals surface area contributed by atoms with Gasteiger partial charge in [0.2, 0.25) is 5.91 Å². The van der Waals surface area contributed by atoms with E-state index in [4.69, 9.17) is 0 Å². The van der Waals surface area contributed by atoms with Gasteiger partial charge in [-0.2, -0.15) is 0 Å². The molecule has 0 aromatic heterocycles. The Labute approximate surface area is 126 Å². The third-order valence-corrected chi connectivity index (χ3v) is 3.38. The lowest BCUT2D eigenvalue weighted by atomic mass is 10.1. The summed E-state index contributed by atoms with van der Waals surface area (Å²) >= 11 is 0. The summed E-state index contributed by atoms with van der Waals surface area (Å²) in [6, 6.07) is 7.16. The van der Waals surface area contributed by atoms with E-state index < -0.39 is 0 Å². The molecule has 2 atom stereocenters. The molecule has 0 saturated carbocycles. The topological polar surface area (TPSA) is 70.2 Å². The summed E-state index contributed by atoms with van der Waals surface area (Å²) in [6.07, 6.45) is 0.861. The van der Waals surface area contributed by atoms with Crippen LogP contribution in [-0.4, -0.2) is 31.4 Å². The minimum absolute atomic E-state index is 0.101. The van der Waals surface area contributed by atoms with Gasteiger partial charge in [-0.25, -0.2) is 0 Å². The summed E-state index contributed by atoms with van der Waals surface area (Å²) in [7, 11) is 1.80. The molecule has 0 heterocycles. The number of benzene rings is 1. The second-order valence-corrected chi connectivity index (χ2v) is 5.28. The van der Waals surface area contributed by atoms with E-state index in [-0.39, 0.29) is 23.8 Å². The highest BCUT2D eigenvalue weighted by atomic mass is 16.2. The zero-order chi connectivity index (χ0) is 15.8. The highest BCUT2D eigenvalue weighted by Gasteiger charge is 2.17. The number of para-hydroxylation sites is 1. The summed E-state index contributed by atoms with van der Waals surface area (Å²) in [6.45, 7) is 6.40. The maximum Gasteiger partial charge on any atom is 0.253 e. The van der Waals surface area contributed by atoms with Crippen molar-refractivity contribution in [3.8, 4) is 0 Å². The Balaban J connectivity index is 2.84. The molecule has 116 valence electrons. The van der Waals surface area contributed by atoms with Crippen LogP contribution in [0.4, 0.5) is 5.69 Å². The predicted octanol–water partition coefficient (Wildman–Crippen LogP) is 2.01. The van der Waals surface area contributed by atoms with E-state index in [1.165, 1.54) is 0 Å². The van der Waals surface area contributed by atoms with Crippen LogP contribution < -0.4 is 16.0 Å². The molecule has 0 fully saturated rings. The van der Waals surface area contributed by atoms with E-state index in [9.17, 15) is 9.59 Å². The van der Waals surface area contributed by atoms with Gasteiger partial charge in [0.1, 0.15) is 0 Å². The molecule has 0 saturated heterocycles. The van der Waals surface area contributed by atoms with E-state index in [0.29, 0.717) is 17.8 Å². The Kier molecular flexibility index (Phi) is 6.88. The number of amides is 2. The molecule has 1 aromatic carbocycles. The smallest absolute Gasteiger partial charge is 0.253 e. The second-order valence-electron chi connectivity index (χ2n) is 5.28. The molecular weight excluding hydrogens is 266 g/mol. The van der Waals surface area contributed by atoms with Crippen molar-refractivity contribution in [2.75, 3.05) is 18.9 Å². The molecule has 0 aliphatic heterocycles. The van der Waals surface area contributed by atoms with Crippen molar-refractivity contribution in [3.05, 3.63) is 29.8 Å². The van der Waals surface area contributed by atoms with Gasteiger partial charge in [0.15, 0.2) is 0 Å². The summed E-state index contributed by atoms with van der Waals surface area (Å²) in [4.78, 5) is 24.3. The zero-order valence-corrected chi connectivity index (χ0v) is 13.2. The Morgan fingerprint density at radius 3 is 2.48 bits per heavy atom. The molecule has 5 heteroatoms. The minimum Gasteiger partial charge on any atom is -0.350 e. The number of rotatable bonds is 7. The van der Waals surface area contributed by atoms with E-state index in [1.807, 2.05) is 20.8 Å². The maximum absolute atomic E-state index is 12.2. The van der Waals surface area contributed by atoms with Crippen molar-refractivity contribution >= 4 is 17.5 Å². The van der Waals surface area contributed by atoms with Gasteiger partial charge in [-0.1, -0.05) is 26.0 Å². The number of hydrogen-bond donors (Lipinski definition) is 3. The fraction of sp³-hybridized carbons (Fsp3) is 0.500. The number of carbonyl (C=O) groups excluding carboxylic acids is 2. The van der Waals surface area contributed by atoms with Gasteiger partial charge >= 0.3 is 0 Å². The van der Waals surface area contributed by atoms with Crippen molar-refractivity contribution in [2.24, 2.45) is 5.92 Å². The minimum atomic E-state index is -0.166. The fourth-order valence-corrected chi connectivity index (χ4v) is 1.85. The highest BCUT2D eigenvalue weighted by Crippen LogP contribution is 2.16. The van der Waals surface area contributed by atoms with Crippen LogP contribution >= 0.6 is 0 Å². The molecule has 0 aliphatic rings. The lowest BCUT2D eigenvalue weighted by molar-refractivity contribution is -0.119. The van der Waals surface area contributed by atoms with Crippen LogP contribution in [0.15, 0.2) is 24.3 Å². The zero-order valence-electron chi connectivity index (χ0n) is 13.2. The lowest BCUT2D eigenvalue weighted by Crippen LogP contribution is -2.33. The van der Waals surface area contributed by atoms with E-state index in [2.05, 4.69) is 16.0 Å². The first-order chi connectivity index (χ1) is 9.99. The maximum atomic E-state index is 12.2. The average molecular weight is 291 g/mol. The van der Waals surface area contributed by atoms with Gasteiger partial charge in [-0.3, -0.25) is 9.59 Å². The first-order valence-corrected chi connectivity index (χ1v) is 7.34. The number of nitrogens with one attached hydrogen (secondary N) is 3. The molecule has 0 bridgehead atoms. The molecule has 21 heavy (non-hydrogen) atoms. The quantitative estimate of drug-likeness (QED) is 0.719. The van der Waals surface area contributed by atoms with Gasteiger partial charge in [-0.05, 0) is 32.5 Å². The third kappa shape index (κ3) is 5.19. The molecule has 0 aliphatic carbocycles. The van der Waals surface area contributed by atoms with Crippen molar-refractivity contribution in [3.63, 3.8) is 0 Å². The fourth-order valence-electron chi connectivity index (χ4n) is 1.85. The van der Waals surface area contributed by atoms with Gasteiger partial charge in [0.05, 0.1) is 11.3 Å². The average Bonchev–Trinajstić information content (AvgIpc) is 2.47. The lowest BCUT2D eigenvalue weighted by Gasteiger charge is -2.16. The van der Waals surface area contributed by atoms with Gasteiger partial charge in [-0.15, -0.1) is 0 Å². The normalized spacial score (nSPS) is 13.3. The number of carbonyl (C=O) groups is 2. The SMILES string of the molecule is CCC(C)NC(=O)c1ccccc1NC(=O)C(C)CNC. The number of anilines is 1. The Morgan fingerprint density at radius 1 is 1.19 bits per heavy atom. The van der Waals surface area contributed by atoms with Crippen LogP contribution in [-0.2, 0) is 4.79 Å². The summed E-state index contributed by atoms with van der Waals surface area (Å²) in [5, 5.41) is 8.70. The van der Waals surface area contributed by atoms with Crippen LogP contribution in [0.2, 0.25) is 0 Å². The summed E-state index contributed by atoms with van der Waals surface area (Å²) < 4.78 is 0. The largest absolute Gasteiger partial charge is 0.350 e. The molecule has 1 rings (SSSR count). The predicted molar refractivity (Wildman–Crippen MR) is 85.4 cm³/mol. The first kappa shape index (κ1) is 17.2. The van der Waals surface area contributed by atoms with Crippen molar-refractivity contribution in [2.45, 2.75) is 33.2 Å². The van der Waals surface area contributed by atoms with Gasteiger partial charge in [0, 0.05) is 18.5 Å². The molecule has 3 N–H and O–H groups in total.